The third-order valence-corrected chi connectivity index (χ3v) is 3.05. The molecule has 0 bridgehead atoms. The third kappa shape index (κ3) is 3.56. The van der Waals surface area contributed by atoms with Crippen molar-refractivity contribution in [1.29, 1.82) is 0 Å². The molecular formula is C11H23N3. The van der Waals surface area contributed by atoms with Gasteiger partial charge in [-0.25, -0.2) is 0 Å². The zero-order valence-corrected chi connectivity index (χ0v) is 9.47. The van der Waals surface area contributed by atoms with Crippen molar-refractivity contribution in [1.82, 2.24) is 5.32 Å². The van der Waals surface area contributed by atoms with Gasteiger partial charge in [-0.15, -0.1) is 0 Å². The first-order valence-electron chi connectivity index (χ1n) is 5.70. The fourth-order valence-electron chi connectivity index (χ4n) is 2.08. The lowest BCUT2D eigenvalue weighted by Crippen LogP contribution is -2.33. The van der Waals surface area contributed by atoms with Crippen molar-refractivity contribution >= 4 is 5.96 Å². The molecule has 0 aromatic heterocycles. The van der Waals surface area contributed by atoms with Crippen molar-refractivity contribution < 1.29 is 0 Å². The average molecular weight is 197 g/mol. The van der Waals surface area contributed by atoms with E-state index in [4.69, 9.17) is 5.73 Å². The molecule has 1 rings (SSSR count). The predicted octanol–water partition coefficient (Wildman–Crippen LogP) is 1.88. The van der Waals surface area contributed by atoms with E-state index in [2.05, 4.69) is 17.2 Å². The molecule has 3 heteroatoms. The molecule has 0 atom stereocenters. The lowest BCUT2D eigenvalue weighted by atomic mass is 9.76. The van der Waals surface area contributed by atoms with E-state index in [-0.39, 0.29) is 0 Å². The van der Waals surface area contributed by atoms with Gasteiger partial charge in [0.15, 0.2) is 5.96 Å². The van der Waals surface area contributed by atoms with Crippen LogP contribution in [0.4, 0.5) is 0 Å². The van der Waals surface area contributed by atoms with Crippen LogP contribution in [0.3, 0.4) is 0 Å². The summed E-state index contributed by atoms with van der Waals surface area (Å²) in [6.07, 6.45) is 6.70. The maximum atomic E-state index is 5.70. The van der Waals surface area contributed by atoms with Crippen LogP contribution in [0.25, 0.3) is 0 Å². The van der Waals surface area contributed by atoms with E-state index < -0.39 is 0 Å². The predicted molar refractivity (Wildman–Crippen MR) is 61.4 cm³/mol. The Kier molecular flexibility index (Phi) is 4.23. The topological polar surface area (TPSA) is 50.4 Å². The normalized spacial score (nSPS) is 22.0. The van der Waals surface area contributed by atoms with E-state index in [9.17, 15) is 0 Å². The number of nitrogens with zero attached hydrogens (tertiary/aromatic N) is 1. The zero-order valence-electron chi connectivity index (χ0n) is 9.47. The largest absolute Gasteiger partial charge is 0.370 e. The van der Waals surface area contributed by atoms with Gasteiger partial charge in [-0.05, 0) is 25.2 Å². The summed E-state index contributed by atoms with van der Waals surface area (Å²) >= 11 is 0. The number of nitrogens with one attached hydrogen (secondary N) is 1. The van der Waals surface area contributed by atoms with Crippen LogP contribution in [0.1, 0.15) is 46.0 Å². The smallest absolute Gasteiger partial charge is 0.188 e. The van der Waals surface area contributed by atoms with Gasteiger partial charge in [0.25, 0.3) is 0 Å². The van der Waals surface area contributed by atoms with Gasteiger partial charge in [0, 0.05) is 13.1 Å². The number of hydrogen-bond acceptors (Lipinski definition) is 1. The molecule has 0 radical (unpaired) electrons. The molecule has 3 nitrogen and oxygen atoms in total. The SMILES string of the molecule is CCNC(N)=NCC1(C)CCCCC1. The minimum atomic E-state index is 0.401. The third-order valence-electron chi connectivity index (χ3n) is 3.05. The van der Waals surface area contributed by atoms with Crippen molar-refractivity contribution in [3.8, 4) is 0 Å². The van der Waals surface area contributed by atoms with Crippen LogP contribution in [0.15, 0.2) is 4.99 Å². The zero-order chi connectivity index (χ0) is 10.4. The second-order valence-electron chi connectivity index (χ2n) is 4.60. The Balaban J connectivity index is 2.37. The molecule has 0 spiro atoms. The Morgan fingerprint density at radius 1 is 1.36 bits per heavy atom. The van der Waals surface area contributed by atoms with Gasteiger partial charge in [0.05, 0.1) is 0 Å². The number of aliphatic imine (C=N–C) groups is 1. The Labute approximate surface area is 87.2 Å². The molecule has 14 heavy (non-hydrogen) atoms. The molecule has 0 heterocycles. The quantitative estimate of drug-likeness (QED) is 0.536. The van der Waals surface area contributed by atoms with E-state index in [0.717, 1.165) is 13.1 Å². The van der Waals surface area contributed by atoms with E-state index in [1.807, 2.05) is 6.92 Å². The second-order valence-corrected chi connectivity index (χ2v) is 4.60. The van der Waals surface area contributed by atoms with Gasteiger partial charge >= 0.3 is 0 Å². The van der Waals surface area contributed by atoms with E-state index in [0.29, 0.717) is 11.4 Å². The highest BCUT2D eigenvalue weighted by atomic mass is 15.1. The Morgan fingerprint density at radius 2 is 2.00 bits per heavy atom. The molecule has 0 aliphatic heterocycles. The molecule has 0 aromatic rings. The van der Waals surface area contributed by atoms with Crippen molar-refractivity contribution in [2.75, 3.05) is 13.1 Å². The molecule has 0 aromatic carbocycles. The van der Waals surface area contributed by atoms with E-state index in [1.165, 1.54) is 32.1 Å². The van der Waals surface area contributed by atoms with Crippen molar-refractivity contribution in [3.05, 3.63) is 0 Å². The van der Waals surface area contributed by atoms with Crippen LogP contribution >= 0.6 is 0 Å². The molecule has 1 saturated carbocycles. The lowest BCUT2D eigenvalue weighted by molar-refractivity contribution is 0.227. The van der Waals surface area contributed by atoms with Gasteiger partial charge in [0.2, 0.25) is 0 Å². The Hall–Kier alpha value is -0.730. The number of rotatable bonds is 3. The van der Waals surface area contributed by atoms with E-state index >= 15 is 0 Å². The van der Waals surface area contributed by atoms with Crippen molar-refractivity contribution in [2.24, 2.45) is 16.1 Å². The summed E-state index contributed by atoms with van der Waals surface area (Å²) in [5.41, 5.74) is 6.10. The first kappa shape index (κ1) is 11.3. The summed E-state index contributed by atoms with van der Waals surface area (Å²) in [5.74, 6) is 0.597. The maximum Gasteiger partial charge on any atom is 0.188 e. The highest BCUT2D eigenvalue weighted by Crippen LogP contribution is 2.35. The van der Waals surface area contributed by atoms with Crippen LogP contribution < -0.4 is 11.1 Å². The first-order chi connectivity index (χ1) is 6.66. The summed E-state index contributed by atoms with van der Waals surface area (Å²) in [6.45, 7) is 6.09. The molecule has 3 N–H and O–H groups in total. The minimum absolute atomic E-state index is 0.401. The highest BCUT2D eigenvalue weighted by molar-refractivity contribution is 5.77. The molecule has 0 unspecified atom stereocenters. The maximum absolute atomic E-state index is 5.70. The van der Waals surface area contributed by atoms with Gasteiger partial charge in [-0.3, -0.25) is 4.99 Å². The van der Waals surface area contributed by atoms with Crippen LogP contribution in [0.2, 0.25) is 0 Å². The second kappa shape index (κ2) is 5.23. The molecule has 1 fully saturated rings. The number of nitrogens with two attached hydrogens (primary N) is 1. The van der Waals surface area contributed by atoms with Crippen LogP contribution in [-0.2, 0) is 0 Å². The first-order valence-corrected chi connectivity index (χ1v) is 5.70. The number of hydrogen-bond donors (Lipinski definition) is 2. The standard InChI is InChI=1S/C11H23N3/c1-3-13-10(12)14-9-11(2)7-5-4-6-8-11/h3-9H2,1-2H3,(H3,12,13,14). The average Bonchev–Trinajstić information content (AvgIpc) is 2.17. The van der Waals surface area contributed by atoms with Gasteiger partial charge in [0.1, 0.15) is 0 Å². The van der Waals surface area contributed by atoms with Gasteiger partial charge in [-0.1, -0.05) is 26.2 Å². The number of guanidine groups is 1. The Morgan fingerprint density at radius 3 is 2.57 bits per heavy atom. The summed E-state index contributed by atoms with van der Waals surface area (Å²) in [5, 5.41) is 3.03. The molecule has 0 saturated heterocycles. The van der Waals surface area contributed by atoms with Crippen LogP contribution in [0.5, 0.6) is 0 Å². The molecule has 1 aliphatic carbocycles. The minimum Gasteiger partial charge on any atom is -0.370 e. The monoisotopic (exact) mass is 197 g/mol. The summed E-state index contributed by atoms with van der Waals surface area (Å²) in [7, 11) is 0. The highest BCUT2D eigenvalue weighted by Gasteiger charge is 2.26. The van der Waals surface area contributed by atoms with Crippen LogP contribution in [0, 0.1) is 5.41 Å². The van der Waals surface area contributed by atoms with Crippen molar-refractivity contribution in [3.63, 3.8) is 0 Å². The van der Waals surface area contributed by atoms with Crippen molar-refractivity contribution in [2.45, 2.75) is 46.0 Å². The summed E-state index contributed by atoms with van der Waals surface area (Å²) < 4.78 is 0. The lowest BCUT2D eigenvalue weighted by Gasteiger charge is -2.31. The Bertz CT molecular complexity index is 193. The van der Waals surface area contributed by atoms with Crippen LogP contribution in [-0.4, -0.2) is 19.0 Å². The van der Waals surface area contributed by atoms with E-state index in [1.54, 1.807) is 0 Å². The van der Waals surface area contributed by atoms with Gasteiger partial charge < -0.3 is 11.1 Å². The summed E-state index contributed by atoms with van der Waals surface area (Å²) in [4.78, 5) is 4.39. The summed E-state index contributed by atoms with van der Waals surface area (Å²) in [6, 6.07) is 0. The molecular weight excluding hydrogens is 174 g/mol. The molecule has 1 aliphatic rings. The van der Waals surface area contributed by atoms with Gasteiger partial charge in [-0.2, -0.15) is 0 Å². The fourth-order valence-corrected chi connectivity index (χ4v) is 2.08. The fraction of sp³-hybridized carbons (Fsp3) is 0.909. The molecule has 0 amide bonds. The molecule has 82 valence electrons.